The first kappa shape index (κ1) is 38.4. The standard InChI is InChI=1S/C58H47BN4OS/c1-57(2,3)33-17-20-35(21-18-33)60-45-30-53-43(42-25-34(58(4,5)6)19-24-52(42)65-53)26-39(45)37-22-23-38-40-28-51-41(36-15-11-12-16-50(36)64-51)27-47(40)63-48-31-49-46(29-44(48)59-54(37)55(38)63)61-56(62(49)7)32-13-9-8-10-14-32/h8-31,59-60H,1-7H3. The fraction of sp³-hybridized carbons (Fsp3) is 0.155. The highest BCUT2D eigenvalue weighted by Crippen LogP contribution is 2.45. The van der Waals surface area contributed by atoms with Crippen LogP contribution < -0.4 is 16.2 Å². The van der Waals surface area contributed by atoms with Crippen LogP contribution in [0.3, 0.4) is 0 Å². The van der Waals surface area contributed by atoms with Crippen LogP contribution in [0.2, 0.25) is 0 Å². The molecule has 1 aliphatic heterocycles. The van der Waals surface area contributed by atoms with E-state index in [1.165, 1.54) is 80.8 Å². The van der Waals surface area contributed by atoms with Crippen molar-refractivity contribution in [2.45, 2.75) is 52.4 Å². The number of hydrogen-bond acceptors (Lipinski definition) is 4. The van der Waals surface area contributed by atoms with Gasteiger partial charge in [-0.1, -0.05) is 126 Å². The molecule has 12 aromatic rings. The molecule has 5 nitrogen and oxygen atoms in total. The summed E-state index contributed by atoms with van der Waals surface area (Å²) in [5, 5.41) is 11.2. The number of para-hydroxylation sites is 1. The minimum atomic E-state index is 0.0379. The molecule has 0 atom stereocenters. The summed E-state index contributed by atoms with van der Waals surface area (Å²) in [7, 11) is 2.91. The van der Waals surface area contributed by atoms with Crippen LogP contribution in [0, 0.1) is 0 Å². The average molecular weight is 859 g/mol. The summed E-state index contributed by atoms with van der Waals surface area (Å²) in [6, 6.07) is 54.0. The second-order valence-electron chi connectivity index (χ2n) is 20.2. The van der Waals surface area contributed by atoms with Gasteiger partial charge in [0.05, 0.1) is 16.6 Å². The monoisotopic (exact) mass is 858 g/mol. The van der Waals surface area contributed by atoms with E-state index in [1.807, 2.05) is 11.3 Å². The molecule has 5 heterocycles. The Hall–Kier alpha value is -7.09. The quantitative estimate of drug-likeness (QED) is 0.179. The number of aryl methyl sites for hydroxylation is 1. The van der Waals surface area contributed by atoms with Crippen molar-refractivity contribution in [2.75, 3.05) is 5.32 Å². The van der Waals surface area contributed by atoms with E-state index in [0.717, 1.165) is 63.0 Å². The van der Waals surface area contributed by atoms with Crippen molar-refractivity contribution in [3.8, 4) is 28.2 Å². The Kier molecular flexibility index (Phi) is 7.96. The Labute approximate surface area is 382 Å². The maximum atomic E-state index is 6.55. The molecule has 0 spiro atoms. The molecule has 0 bridgehead atoms. The summed E-state index contributed by atoms with van der Waals surface area (Å²) >= 11 is 1.88. The Morgan fingerprint density at radius 3 is 2.14 bits per heavy atom. The summed E-state index contributed by atoms with van der Waals surface area (Å²) in [4.78, 5) is 5.29. The van der Waals surface area contributed by atoms with Gasteiger partial charge in [-0.15, -0.1) is 11.3 Å². The number of thiophene rings is 1. The van der Waals surface area contributed by atoms with Crippen LogP contribution in [0.15, 0.2) is 150 Å². The topological polar surface area (TPSA) is 47.9 Å². The van der Waals surface area contributed by atoms with Crippen molar-refractivity contribution in [3.63, 3.8) is 0 Å². The fourth-order valence-electron chi connectivity index (χ4n) is 10.6. The summed E-state index contributed by atoms with van der Waals surface area (Å²) in [5.74, 6) is 0.965. The molecular formula is C58H47BN4OS. The highest BCUT2D eigenvalue weighted by molar-refractivity contribution is 7.25. The van der Waals surface area contributed by atoms with Gasteiger partial charge in [-0.3, -0.25) is 0 Å². The number of benzene rings is 8. The molecular weight excluding hydrogens is 812 g/mol. The number of furan rings is 1. The predicted octanol–water partition coefficient (Wildman–Crippen LogP) is 14.3. The van der Waals surface area contributed by atoms with E-state index in [2.05, 4.69) is 209 Å². The molecule has 65 heavy (non-hydrogen) atoms. The van der Waals surface area contributed by atoms with Crippen LogP contribution in [-0.4, -0.2) is 21.4 Å². The average Bonchev–Trinajstić information content (AvgIpc) is 4.03. The predicted molar refractivity (Wildman–Crippen MR) is 280 cm³/mol. The summed E-state index contributed by atoms with van der Waals surface area (Å²) in [6.07, 6.45) is 0. The molecule has 13 rings (SSSR count). The molecule has 8 aromatic carbocycles. The third kappa shape index (κ3) is 5.81. The van der Waals surface area contributed by atoms with E-state index in [9.17, 15) is 0 Å². The first-order valence-electron chi connectivity index (χ1n) is 22.7. The lowest BCUT2D eigenvalue weighted by molar-refractivity contribution is 0.590. The van der Waals surface area contributed by atoms with Crippen molar-refractivity contribution < 1.29 is 4.42 Å². The van der Waals surface area contributed by atoms with Gasteiger partial charge in [0.25, 0.3) is 0 Å². The van der Waals surface area contributed by atoms with Gasteiger partial charge in [0.15, 0.2) is 7.28 Å². The molecule has 4 aromatic heterocycles. The molecule has 7 heteroatoms. The molecule has 0 aliphatic carbocycles. The lowest BCUT2D eigenvalue weighted by atomic mass is 9.59. The summed E-state index contributed by atoms with van der Waals surface area (Å²) < 4.78 is 13.9. The van der Waals surface area contributed by atoms with Gasteiger partial charge in [0, 0.05) is 82.5 Å². The molecule has 0 radical (unpaired) electrons. The zero-order valence-corrected chi connectivity index (χ0v) is 38.5. The van der Waals surface area contributed by atoms with E-state index in [0.29, 0.717) is 0 Å². The largest absolute Gasteiger partial charge is 0.456 e. The minimum absolute atomic E-state index is 0.0379. The smallest absolute Gasteiger partial charge is 0.198 e. The maximum Gasteiger partial charge on any atom is 0.198 e. The van der Waals surface area contributed by atoms with E-state index in [1.54, 1.807) is 0 Å². The number of imidazole rings is 1. The lowest BCUT2D eigenvalue weighted by Gasteiger charge is -2.24. The fourth-order valence-corrected chi connectivity index (χ4v) is 11.7. The molecule has 0 saturated carbocycles. The van der Waals surface area contributed by atoms with Crippen molar-refractivity contribution in [1.82, 2.24) is 14.1 Å². The highest BCUT2D eigenvalue weighted by Gasteiger charge is 2.29. The van der Waals surface area contributed by atoms with Crippen molar-refractivity contribution in [1.29, 1.82) is 0 Å². The number of hydrogen-bond donors (Lipinski definition) is 1. The van der Waals surface area contributed by atoms with Gasteiger partial charge in [-0.05, 0) is 99.7 Å². The van der Waals surface area contributed by atoms with Gasteiger partial charge in [-0.25, -0.2) is 4.98 Å². The van der Waals surface area contributed by atoms with E-state index in [-0.39, 0.29) is 10.8 Å². The van der Waals surface area contributed by atoms with Crippen molar-refractivity contribution in [2.24, 2.45) is 7.05 Å². The summed E-state index contributed by atoms with van der Waals surface area (Å²) in [6.45, 7) is 13.7. The van der Waals surface area contributed by atoms with Gasteiger partial charge in [-0.2, -0.15) is 0 Å². The van der Waals surface area contributed by atoms with Crippen LogP contribution in [0.1, 0.15) is 52.7 Å². The molecule has 314 valence electrons. The zero-order chi connectivity index (χ0) is 44.1. The number of anilines is 2. The Morgan fingerprint density at radius 2 is 1.34 bits per heavy atom. The maximum absolute atomic E-state index is 6.55. The molecule has 1 N–H and O–H groups in total. The number of nitrogens with zero attached hydrogens (tertiary/aromatic N) is 3. The van der Waals surface area contributed by atoms with Gasteiger partial charge < -0.3 is 18.9 Å². The van der Waals surface area contributed by atoms with Gasteiger partial charge >= 0.3 is 0 Å². The van der Waals surface area contributed by atoms with Crippen molar-refractivity contribution in [3.05, 3.63) is 157 Å². The van der Waals surface area contributed by atoms with Crippen molar-refractivity contribution >= 4 is 116 Å². The number of fused-ring (bicyclic) bond motifs is 12. The third-order valence-corrected chi connectivity index (χ3v) is 15.2. The van der Waals surface area contributed by atoms with Crippen LogP contribution in [0.4, 0.5) is 11.4 Å². The second kappa shape index (κ2) is 13.5. The lowest BCUT2D eigenvalue weighted by Crippen LogP contribution is -2.37. The Bertz CT molecular complexity index is 3970. The first-order chi connectivity index (χ1) is 31.4. The van der Waals surface area contributed by atoms with Crippen LogP contribution in [0.5, 0.6) is 0 Å². The number of aromatic nitrogens is 3. The van der Waals surface area contributed by atoms with E-state index in [4.69, 9.17) is 9.40 Å². The normalized spacial score (nSPS) is 13.0. The SMILES string of the molecule is Cn1c(-c2ccccc2)nc2cc3c(cc21)-n1c2cc4c(cc2c2ccc(-c5cc6c(cc5Nc5ccc(C(C)(C)C)cc5)sc5ccc(C(C)(C)C)cc56)c(c21)B3)oc1ccccc14. The molecule has 1 aliphatic rings. The summed E-state index contributed by atoms with van der Waals surface area (Å²) in [5.41, 5.74) is 18.6. The van der Waals surface area contributed by atoms with E-state index < -0.39 is 0 Å². The molecule has 0 saturated heterocycles. The van der Waals surface area contributed by atoms with Gasteiger partial charge in [0.2, 0.25) is 0 Å². The first-order valence-corrected chi connectivity index (χ1v) is 23.5. The molecule has 0 unspecified atom stereocenters. The number of rotatable bonds is 4. The zero-order valence-electron chi connectivity index (χ0n) is 37.7. The van der Waals surface area contributed by atoms with Crippen LogP contribution >= 0.6 is 11.3 Å². The highest BCUT2D eigenvalue weighted by atomic mass is 32.1. The van der Waals surface area contributed by atoms with Crippen LogP contribution in [-0.2, 0) is 17.9 Å². The third-order valence-electron chi connectivity index (χ3n) is 14.0. The number of nitrogens with one attached hydrogen (secondary N) is 1. The second-order valence-corrected chi connectivity index (χ2v) is 21.3. The van der Waals surface area contributed by atoms with Crippen LogP contribution in [0.25, 0.3) is 103 Å². The van der Waals surface area contributed by atoms with Gasteiger partial charge in [0.1, 0.15) is 17.0 Å². The van der Waals surface area contributed by atoms with E-state index >= 15 is 0 Å². The minimum Gasteiger partial charge on any atom is -0.456 e. The molecule has 0 fully saturated rings. The Morgan fingerprint density at radius 1 is 0.585 bits per heavy atom. The molecule has 0 amide bonds. The Balaban J connectivity index is 1.10.